The Morgan fingerprint density at radius 3 is 2.63 bits per heavy atom. The molecule has 2 aromatic rings. The van der Waals surface area contributed by atoms with E-state index in [-0.39, 0.29) is 0 Å². The molecule has 0 bridgehead atoms. The van der Waals surface area contributed by atoms with Gasteiger partial charge in [0, 0.05) is 26.7 Å². The average Bonchev–Trinajstić information content (AvgIpc) is 3.06. The van der Waals surface area contributed by atoms with E-state index in [2.05, 4.69) is 57.8 Å². The smallest absolute Gasteiger partial charge is 0.191 e. The molecule has 8 heteroatoms. The van der Waals surface area contributed by atoms with E-state index in [4.69, 9.17) is 9.73 Å². The summed E-state index contributed by atoms with van der Waals surface area (Å²) in [4.78, 5) is 7.28. The van der Waals surface area contributed by atoms with Crippen LogP contribution < -0.4 is 10.6 Å². The van der Waals surface area contributed by atoms with Crippen molar-refractivity contribution in [2.75, 3.05) is 39.4 Å². The summed E-state index contributed by atoms with van der Waals surface area (Å²) in [7, 11) is 1.98. The summed E-state index contributed by atoms with van der Waals surface area (Å²) in [5.41, 5.74) is 3.79. The predicted octanol–water partition coefficient (Wildman–Crippen LogP) is 1.70. The second kappa shape index (κ2) is 11.1. The number of guanidine groups is 1. The molecule has 2 N–H and O–H groups in total. The first-order valence-electron chi connectivity index (χ1n) is 10.8. The lowest BCUT2D eigenvalue weighted by Crippen LogP contribution is -2.40. The molecule has 3 rings (SSSR count). The van der Waals surface area contributed by atoms with Gasteiger partial charge in [0.2, 0.25) is 0 Å². The maximum absolute atomic E-state index is 5.42. The van der Waals surface area contributed by atoms with Gasteiger partial charge in [-0.15, -0.1) is 10.2 Å². The molecular weight excluding hydrogens is 378 g/mol. The van der Waals surface area contributed by atoms with Crippen LogP contribution in [0.1, 0.15) is 34.8 Å². The molecule has 8 nitrogen and oxygen atoms in total. The topological polar surface area (TPSA) is 79.6 Å². The summed E-state index contributed by atoms with van der Waals surface area (Å²) in [6.45, 7) is 13.1. The molecule has 0 aliphatic carbocycles. The van der Waals surface area contributed by atoms with Gasteiger partial charge in [-0.2, -0.15) is 0 Å². The van der Waals surface area contributed by atoms with Crippen molar-refractivity contribution in [3.05, 3.63) is 46.5 Å². The largest absolute Gasteiger partial charge is 0.379 e. The fourth-order valence-electron chi connectivity index (χ4n) is 3.46. The number of nitrogens with zero attached hydrogens (tertiary/aromatic N) is 5. The van der Waals surface area contributed by atoms with Crippen LogP contribution in [0.5, 0.6) is 0 Å². The highest BCUT2D eigenvalue weighted by Crippen LogP contribution is 2.11. The molecule has 0 radical (unpaired) electrons. The van der Waals surface area contributed by atoms with Gasteiger partial charge in [0.25, 0.3) is 0 Å². The molecule has 1 saturated heterocycles. The van der Waals surface area contributed by atoms with Gasteiger partial charge in [-0.05, 0) is 44.9 Å². The zero-order valence-corrected chi connectivity index (χ0v) is 18.7. The van der Waals surface area contributed by atoms with Crippen molar-refractivity contribution in [1.82, 2.24) is 30.3 Å². The van der Waals surface area contributed by atoms with Crippen LogP contribution in [0, 0.1) is 20.8 Å². The van der Waals surface area contributed by atoms with Crippen molar-refractivity contribution < 1.29 is 4.74 Å². The van der Waals surface area contributed by atoms with E-state index in [0.29, 0.717) is 13.1 Å². The third-order valence-electron chi connectivity index (χ3n) is 5.55. The van der Waals surface area contributed by atoms with Crippen LogP contribution in [-0.2, 0) is 24.9 Å². The lowest BCUT2D eigenvalue weighted by Gasteiger charge is -2.26. The summed E-state index contributed by atoms with van der Waals surface area (Å²) in [5.74, 6) is 2.60. The van der Waals surface area contributed by atoms with Gasteiger partial charge >= 0.3 is 0 Å². The van der Waals surface area contributed by atoms with Crippen LogP contribution in [0.4, 0.5) is 0 Å². The second-order valence-electron chi connectivity index (χ2n) is 7.91. The third-order valence-corrected chi connectivity index (χ3v) is 5.55. The Morgan fingerprint density at radius 2 is 1.93 bits per heavy atom. The normalized spacial score (nSPS) is 15.4. The maximum Gasteiger partial charge on any atom is 0.191 e. The van der Waals surface area contributed by atoms with E-state index in [9.17, 15) is 0 Å². The number of morpholine rings is 1. The highest BCUT2D eigenvalue weighted by atomic mass is 16.5. The minimum Gasteiger partial charge on any atom is -0.379 e. The Bertz CT molecular complexity index is 840. The zero-order valence-electron chi connectivity index (χ0n) is 18.7. The Labute approximate surface area is 179 Å². The molecule has 0 spiro atoms. The molecule has 0 atom stereocenters. The lowest BCUT2D eigenvalue weighted by molar-refractivity contribution is 0.0376. The van der Waals surface area contributed by atoms with E-state index >= 15 is 0 Å². The van der Waals surface area contributed by atoms with Crippen molar-refractivity contribution in [2.45, 2.75) is 40.3 Å². The maximum atomic E-state index is 5.42. The molecule has 0 unspecified atom stereocenters. The number of nitrogens with one attached hydrogen (secondary N) is 2. The highest BCUT2D eigenvalue weighted by Gasteiger charge is 2.10. The monoisotopic (exact) mass is 413 g/mol. The second-order valence-corrected chi connectivity index (χ2v) is 7.91. The summed E-state index contributed by atoms with van der Waals surface area (Å²) in [5, 5.41) is 15.3. The summed E-state index contributed by atoms with van der Waals surface area (Å²) < 4.78 is 7.41. The molecule has 164 valence electrons. The first-order valence-corrected chi connectivity index (χ1v) is 10.8. The first kappa shape index (κ1) is 22.2. The molecule has 2 heterocycles. The quantitative estimate of drug-likeness (QED) is 0.390. The van der Waals surface area contributed by atoms with E-state index in [1.165, 1.54) is 16.7 Å². The van der Waals surface area contributed by atoms with E-state index < -0.39 is 0 Å². The van der Waals surface area contributed by atoms with Crippen LogP contribution in [-0.4, -0.2) is 65.0 Å². The van der Waals surface area contributed by atoms with Gasteiger partial charge in [0.1, 0.15) is 5.82 Å². The fourth-order valence-corrected chi connectivity index (χ4v) is 3.46. The number of aryl methyl sites for hydroxylation is 3. The highest BCUT2D eigenvalue weighted by molar-refractivity contribution is 5.79. The van der Waals surface area contributed by atoms with Crippen LogP contribution >= 0.6 is 0 Å². The number of aliphatic imine (C=N–C) groups is 1. The molecule has 30 heavy (non-hydrogen) atoms. The van der Waals surface area contributed by atoms with Gasteiger partial charge in [-0.1, -0.05) is 23.8 Å². The van der Waals surface area contributed by atoms with Crippen LogP contribution in [0.15, 0.2) is 23.2 Å². The molecular formula is C22H35N7O. The summed E-state index contributed by atoms with van der Waals surface area (Å²) in [6, 6.07) is 6.51. The zero-order chi connectivity index (χ0) is 21.3. The third kappa shape index (κ3) is 6.53. The van der Waals surface area contributed by atoms with Crippen LogP contribution in [0.25, 0.3) is 0 Å². The van der Waals surface area contributed by atoms with E-state index in [1.54, 1.807) is 0 Å². The minimum absolute atomic E-state index is 0.583. The number of ether oxygens (including phenoxy) is 1. The molecule has 1 fully saturated rings. The summed E-state index contributed by atoms with van der Waals surface area (Å²) >= 11 is 0. The lowest BCUT2D eigenvalue weighted by atomic mass is 10.1. The van der Waals surface area contributed by atoms with Crippen molar-refractivity contribution >= 4 is 5.96 Å². The fraction of sp³-hybridized carbons (Fsp3) is 0.591. The molecule has 0 saturated carbocycles. The minimum atomic E-state index is 0.583. The number of hydrogen-bond donors (Lipinski definition) is 2. The van der Waals surface area contributed by atoms with Gasteiger partial charge in [-0.3, -0.25) is 4.90 Å². The van der Waals surface area contributed by atoms with Crippen LogP contribution in [0.3, 0.4) is 0 Å². The number of hydrogen-bond acceptors (Lipinski definition) is 5. The summed E-state index contributed by atoms with van der Waals surface area (Å²) in [6.07, 6.45) is 1.06. The Hall–Kier alpha value is -2.45. The molecule has 0 amide bonds. The van der Waals surface area contributed by atoms with Crippen molar-refractivity contribution in [2.24, 2.45) is 12.0 Å². The first-order chi connectivity index (χ1) is 14.5. The number of aromatic nitrogens is 3. The van der Waals surface area contributed by atoms with Gasteiger partial charge in [-0.25, -0.2) is 4.99 Å². The van der Waals surface area contributed by atoms with Crippen molar-refractivity contribution in [3.63, 3.8) is 0 Å². The SMILES string of the molecule is Cc1ccc(CN=C(NCCCN2CCOCC2)NCc2nnc(C)n2C)c(C)c1. The van der Waals surface area contributed by atoms with E-state index in [0.717, 1.165) is 63.4 Å². The Kier molecular flexibility index (Phi) is 8.21. The number of benzene rings is 1. The molecule has 1 aliphatic rings. The van der Waals surface area contributed by atoms with Crippen LogP contribution in [0.2, 0.25) is 0 Å². The molecule has 1 aliphatic heterocycles. The standard InChI is InChI=1S/C22H35N7O/c1-17-6-7-20(18(2)14-17)15-24-22(25-16-21-27-26-19(3)28(21)4)23-8-5-9-29-10-12-30-13-11-29/h6-7,14H,5,8-13,15-16H2,1-4H3,(H2,23,24,25). The molecule has 1 aromatic carbocycles. The van der Waals surface area contributed by atoms with Gasteiger partial charge in [0.05, 0.1) is 26.3 Å². The van der Waals surface area contributed by atoms with Gasteiger partial charge in [0.15, 0.2) is 11.8 Å². The van der Waals surface area contributed by atoms with Gasteiger partial charge < -0.3 is 19.9 Å². The Balaban J connectivity index is 1.57. The number of rotatable bonds is 8. The predicted molar refractivity (Wildman–Crippen MR) is 120 cm³/mol. The average molecular weight is 414 g/mol. The van der Waals surface area contributed by atoms with Crippen molar-refractivity contribution in [1.29, 1.82) is 0 Å². The van der Waals surface area contributed by atoms with E-state index in [1.807, 2.05) is 18.5 Å². The van der Waals surface area contributed by atoms with Crippen molar-refractivity contribution in [3.8, 4) is 0 Å². The Morgan fingerprint density at radius 1 is 1.13 bits per heavy atom. The molecule has 1 aromatic heterocycles.